The molecule has 0 N–H and O–H groups in total. The topological polar surface area (TPSA) is 76.8 Å². The fraction of sp³-hybridized carbons (Fsp3) is 0.500. The molecule has 0 atom stereocenters. The number of hydrogen-bond donors (Lipinski definition) is 0. The Morgan fingerprint density at radius 2 is 2.24 bits per heavy atom. The number of ether oxygens (including phenoxy) is 1. The van der Waals surface area contributed by atoms with Gasteiger partial charge < -0.3 is 9.64 Å². The lowest BCUT2D eigenvalue weighted by Gasteiger charge is -2.04. The van der Waals surface area contributed by atoms with Crippen molar-refractivity contribution in [3.8, 4) is 0 Å². The summed E-state index contributed by atoms with van der Waals surface area (Å²) in [4.78, 5) is 29.0. The van der Waals surface area contributed by atoms with E-state index in [0.29, 0.717) is 9.59 Å². The summed E-state index contributed by atoms with van der Waals surface area (Å²) in [7, 11) is 3.16. The minimum atomic E-state index is -0.688. The van der Waals surface area contributed by atoms with Crippen LogP contribution in [0, 0.1) is 0 Å². The molecular weight excluding hydrogens is 312 g/mol. The van der Waals surface area contributed by atoms with Gasteiger partial charge in [-0.15, -0.1) is 9.78 Å². The lowest BCUT2D eigenvalue weighted by Crippen LogP contribution is -2.29. The van der Waals surface area contributed by atoms with E-state index in [9.17, 15) is 9.59 Å². The van der Waals surface area contributed by atoms with E-state index in [2.05, 4.69) is 16.7 Å². The van der Waals surface area contributed by atoms with E-state index in [1.807, 2.05) is 13.8 Å². The minimum Gasteiger partial charge on any atom is -0.444 e. The SMILES string of the molecule is C=CCOC(=O)n1nc(SC(C)C)sc1=NC(=O)N(C)C. The summed E-state index contributed by atoms with van der Waals surface area (Å²) in [5.74, 6) is 0. The molecule has 1 heterocycles. The molecule has 2 amide bonds. The van der Waals surface area contributed by atoms with Gasteiger partial charge in [0.1, 0.15) is 6.61 Å². The molecule has 0 aliphatic carbocycles. The number of rotatable bonds is 4. The number of amides is 2. The molecule has 0 bridgehead atoms. The van der Waals surface area contributed by atoms with Crippen LogP contribution in [0.1, 0.15) is 13.8 Å². The Hall–Kier alpha value is -1.61. The summed E-state index contributed by atoms with van der Waals surface area (Å²) in [5.41, 5.74) is 0. The van der Waals surface area contributed by atoms with E-state index in [1.165, 1.54) is 34.1 Å². The van der Waals surface area contributed by atoms with Crippen LogP contribution >= 0.6 is 23.1 Å². The summed E-state index contributed by atoms with van der Waals surface area (Å²) >= 11 is 2.65. The molecule has 1 aromatic rings. The second-order valence-electron chi connectivity index (χ2n) is 4.38. The van der Waals surface area contributed by atoms with E-state index >= 15 is 0 Å². The molecule has 0 radical (unpaired) electrons. The molecule has 0 saturated heterocycles. The largest absolute Gasteiger partial charge is 0.444 e. The first-order valence-corrected chi connectivity index (χ1v) is 7.85. The molecule has 0 spiro atoms. The summed E-state index contributed by atoms with van der Waals surface area (Å²) in [6, 6.07) is -0.468. The molecule has 0 aliphatic heterocycles. The van der Waals surface area contributed by atoms with Crippen molar-refractivity contribution in [2.45, 2.75) is 23.4 Å². The first kappa shape index (κ1) is 17.4. The lowest BCUT2D eigenvalue weighted by atomic mass is 10.6. The van der Waals surface area contributed by atoms with Gasteiger partial charge in [-0.1, -0.05) is 49.6 Å². The number of aromatic nitrogens is 2. The van der Waals surface area contributed by atoms with Gasteiger partial charge in [0.05, 0.1) is 0 Å². The number of carbonyl (C=O) groups excluding carboxylic acids is 2. The first-order chi connectivity index (χ1) is 9.85. The van der Waals surface area contributed by atoms with Crippen LogP contribution in [-0.4, -0.2) is 52.8 Å². The highest BCUT2D eigenvalue weighted by Gasteiger charge is 2.15. The molecule has 0 aromatic carbocycles. The highest BCUT2D eigenvalue weighted by Crippen LogP contribution is 2.22. The predicted molar refractivity (Wildman–Crippen MR) is 82.7 cm³/mol. The Kier molecular flexibility index (Phi) is 6.63. The monoisotopic (exact) mass is 330 g/mol. The van der Waals surface area contributed by atoms with Crippen molar-refractivity contribution in [3.05, 3.63) is 17.5 Å². The zero-order valence-electron chi connectivity index (χ0n) is 12.4. The number of urea groups is 1. The van der Waals surface area contributed by atoms with Gasteiger partial charge in [0.15, 0.2) is 4.34 Å². The van der Waals surface area contributed by atoms with E-state index in [0.717, 1.165) is 4.68 Å². The maximum Gasteiger partial charge on any atom is 0.437 e. The van der Waals surface area contributed by atoms with E-state index < -0.39 is 12.1 Å². The van der Waals surface area contributed by atoms with Crippen LogP contribution in [0.2, 0.25) is 0 Å². The fourth-order valence-electron chi connectivity index (χ4n) is 1.08. The molecule has 0 fully saturated rings. The van der Waals surface area contributed by atoms with Crippen LogP contribution < -0.4 is 4.80 Å². The van der Waals surface area contributed by atoms with Crippen LogP contribution in [-0.2, 0) is 4.74 Å². The molecule has 0 unspecified atom stereocenters. The van der Waals surface area contributed by atoms with Crippen molar-refractivity contribution in [1.82, 2.24) is 14.7 Å². The molecule has 116 valence electrons. The quantitative estimate of drug-likeness (QED) is 0.625. The average molecular weight is 330 g/mol. The molecule has 9 heteroatoms. The van der Waals surface area contributed by atoms with Gasteiger partial charge in [0, 0.05) is 19.3 Å². The highest BCUT2D eigenvalue weighted by molar-refractivity contribution is 8.01. The summed E-state index contributed by atoms with van der Waals surface area (Å²) in [6.45, 7) is 7.56. The molecule has 1 aromatic heterocycles. The van der Waals surface area contributed by atoms with Gasteiger partial charge in [-0.25, -0.2) is 9.59 Å². The number of hydrogen-bond acceptors (Lipinski definition) is 6. The molecule has 0 saturated carbocycles. The summed E-state index contributed by atoms with van der Waals surface area (Å²) in [5, 5.41) is 4.44. The third-order valence-electron chi connectivity index (χ3n) is 1.95. The van der Waals surface area contributed by atoms with Crippen molar-refractivity contribution in [2.24, 2.45) is 4.99 Å². The van der Waals surface area contributed by atoms with Crippen LogP contribution in [0.25, 0.3) is 0 Å². The molecule has 7 nitrogen and oxygen atoms in total. The van der Waals surface area contributed by atoms with E-state index in [4.69, 9.17) is 4.74 Å². The van der Waals surface area contributed by atoms with Crippen molar-refractivity contribution < 1.29 is 14.3 Å². The Labute approximate surface area is 131 Å². The van der Waals surface area contributed by atoms with Crippen molar-refractivity contribution in [3.63, 3.8) is 0 Å². The van der Waals surface area contributed by atoms with Crippen LogP contribution in [0.3, 0.4) is 0 Å². The van der Waals surface area contributed by atoms with Crippen LogP contribution in [0.15, 0.2) is 22.0 Å². The van der Waals surface area contributed by atoms with E-state index in [1.54, 1.807) is 14.1 Å². The first-order valence-electron chi connectivity index (χ1n) is 6.16. The van der Waals surface area contributed by atoms with Gasteiger partial charge in [-0.05, 0) is 0 Å². The minimum absolute atomic E-state index is 0.0666. The average Bonchev–Trinajstić information content (AvgIpc) is 2.77. The number of thioether (sulfide) groups is 1. The third-order valence-corrected chi connectivity index (χ3v) is 3.95. The Bertz CT molecular complexity index is 590. The van der Waals surface area contributed by atoms with Crippen molar-refractivity contribution in [2.75, 3.05) is 20.7 Å². The fourth-order valence-corrected chi connectivity index (χ4v) is 3.21. The Morgan fingerprint density at radius 3 is 2.76 bits per heavy atom. The third kappa shape index (κ3) is 5.35. The summed E-state index contributed by atoms with van der Waals surface area (Å²) in [6.07, 6.45) is 0.767. The normalized spacial score (nSPS) is 11.6. The van der Waals surface area contributed by atoms with Gasteiger partial charge in [-0.2, -0.15) is 4.99 Å². The Morgan fingerprint density at radius 1 is 1.57 bits per heavy atom. The molecule has 21 heavy (non-hydrogen) atoms. The zero-order chi connectivity index (χ0) is 16.0. The molecular formula is C12H18N4O3S2. The molecule has 0 aliphatic rings. The maximum atomic E-state index is 11.9. The predicted octanol–water partition coefficient (Wildman–Crippen LogP) is 2.20. The van der Waals surface area contributed by atoms with E-state index in [-0.39, 0.29) is 11.4 Å². The number of nitrogens with zero attached hydrogens (tertiary/aromatic N) is 4. The van der Waals surface area contributed by atoms with Crippen molar-refractivity contribution in [1.29, 1.82) is 0 Å². The van der Waals surface area contributed by atoms with Crippen LogP contribution in [0.5, 0.6) is 0 Å². The molecule has 1 rings (SSSR count). The Balaban J connectivity index is 3.19. The zero-order valence-corrected chi connectivity index (χ0v) is 14.0. The van der Waals surface area contributed by atoms with Gasteiger partial charge in [0.2, 0.25) is 4.80 Å². The van der Waals surface area contributed by atoms with Gasteiger partial charge >= 0.3 is 12.1 Å². The second kappa shape index (κ2) is 7.99. The lowest BCUT2D eigenvalue weighted by molar-refractivity contribution is 0.155. The summed E-state index contributed by atoms with van der Waals surface area (Å²) < 4.78 is 6.58. The second-order valence-corrected chi connectivity index (χ2v) is 7.16. The van der Waals surface area contributed by atoms with Crippen molar-refractivity contribution >= 4 is 35.2 Å². The number of carbonyl (C=O) groups is 2. The van der Waals surface area contributed by atoms with Gasteiger partial charge in [-0.3, -0.25) is 0 Å². The standard InChI is InChI=1S/C12H18N4O3S2/c1-6-7-19-12(18)16-10(13-9(17)15(4)5)21-11(14-16)20-8(2)3/h6,8H,1,7H2,2-5H3. The highest BCUT2D eigenvalue weighted by atomic mass is 32.2. The van der Waals surface area contributed by atoms with Crippen LogP contribution in [0.4, 0.5) is 9.59 Å². The maximum absolute atomic E-state index is 11.9. The van der Waals surface area contributed by atoms with Gasteiger partial charge in [0.25, 0.3) is 0 Å². The smallest absolute Gasteiger partial charge is 0.437 e.